The first kappa shape index (κ1) is 14.6. The molecule has 20 heavy (non-hydrogen) atoms. The fraction of sp³-hybridized carbons (Fsp3) is 0.643. The van der Waals surface area contributed by atoms with E-state index in [0.717, 1.165) is 17.8 Å². The zero-order valence-electron chi connectivity index (χ0n) is 12.6. The van der Waals surface area contributed by atoms with Crippen LogP contribution in [0.3, 0.4) is 0 Å². The molecule has 1 aromatic rings. The number of hydrogen-bond acceptors (Lipinski definition) is 3. The van der Waals surface area contributed by atoms with Gasteiger partial charge in [0.25, 0.3) is 0 Å². The van der Waals surface area contributed by atoms with Crippen LogP contribution < -0.4 is 5.32 Å². The van der Waals surface area contributed by atoms with Crippen LogP contribution in [0.15, 0.2) is 0 Å². The molecule has 0 aromatic carbocycles. The molecular weight excluding hydrogens is 256 g/mol. The second-order valence-corrected chi connectivity index (χ2v) is 5.33. The normalized spacial score (nSPS) is 18.7. The number of aryl methyl sites for hydroxylation is 1. The van der Waals surface area contributed by atoms with E-state index in [1.807, 2.05) is 13.8 Å². The number of hydrogen-bond donors (Lipinski definition) is 1. The van der Waals surface area contributed by atoms with E-state index in [2.05, 4.69) is 17.3 Å². The van der Waals surface area contributed by atoms with Gasteiger partial charge < -0.3 is 10.2 Å². The van der Waals surface area contributed by atoms with Crippen LogP contribution in [0.5, 0.6) is 0 Å². The van der Waals surface area contributed by atoms with Gasteiger partial charge in [-0.25, -0.2) is 0 Å². The minimum atomic E-state index is -0.380. The largest absolute Gasteiger partial charge is 0.344 e. The number of aromatic nitrogens is 2. The van der Waals surface area contributed by atoms with E-state index in [1.54, 1.807) is 16.6 Å². The zero-order chi connectivity index (χ0) is 14.9. The summed E-state index contributed by atoms with van der Waals surface area (Å²) in [5, 5.41) is 7.18. The van der Waals surface area contributed by atoms with Crippen molar-refractivity contribution in [2.24, 2.45) is 0 Å². The molecule has 2 rings (SSSR count). The number of carbonyl (C=O) groups excluding carboxylic acids is 2. The van der Waals surface area contributed by atoms with Crippen molar-refractivity contribution in [2.75, 3.05) is 13.6 Å². The Morgan fingerprint density at radius 2 is 2.15 bits per heavy atom. The molecule has 6 heteroatoms. The third-order valence-electron chi connectivity index (χ3n) is 3.94. The lowest BCUT2D eigenvalue weighted by molar-refractivity contribution is -0.132. The van der Waals surface area contributed by atoms with Gasteiger partial charge in [0.2, 0.25) is 11.8 Å². The highest BCUT2D eigenvalue weighted by Crippen LogP contribution is 2.13. The van der Waals surface area contributed by atoms with Crippen LogP contribution >= 0.6 is 0 Å². The molecule has 0 radical (unpaired) electrons. The van der Waals surface area contributed by atoms with E-state index < -0.39 is 0 Å². The average molecular weight is 278 g/mol. The average Bonchev–Trinajstić information content (AvgIpc) is 2.84. The summed E-state index contributed by atoms with van der Waals surface area (Å²) in [7, 11) is 1.75. The molecule has 1 atom stereocenters. The van der Waals surface area contributed by atoms with Gasteiger partial charge >= 0.3 is 0 Å². The number of nitrogens with one attached hydrogen (secondary N) is 1. The molecule has 0 bridgehead atoms. The maximum absolute atomic E-state index is 12.0. The summed E-state index contributed by atoms with van der Waals surface area (Å²) < 4.78 is 1.71. The molecule has 1 fully saturated rings. The summed E-state index contributed by atoms with van der Waals surface area (Å²) in [6.07, 6.45) is 1.59. The summed E-state index contributed by atoms with van der Waals surface area (Å²) in [6, 6.07) is -0.380. The van der Waals surface area contributed by atoms with Gasteiger partial charge in [-0.15, -0.1) is 0 Å². The lowest BCUT2D eigenvalue weighted by Gasteiger charge is -2.12. The van der Waals surface area contributed by atoms with Crippen molar-refractivity contribution in [3.63, 3.8) is 0 Å². The molecule has 1 aliphatic rings. The van der Waals surface area contributed by atoms with Gasteiger partial charge in [-0.05, 0) is 32.3 Å². The lowest BCUT2D eigenvalue weighted by Crippen LogP contribution is -2.42. The Morgan fingerprint density at radius 1 is 1.45 bits per heavy atom. The molecule has 0 spiro atoms. The molecular formula is C14H22N4O2. The number of nitrogens with zero attached hydrogens (tertiary/aromatic N) is 3. The Morgan fingerprint density at radius 3 is 2.65 bits per heavy atom. The Balaban J connectivity index is 2.00. The first-order valence-electron chi connectivity index (χ1n) is 7.01. The van der Waals surface area contributed by atoms with Crippen LogP contribution in [0.1, 0.15) is 30.3 Å². The van der Waals surface area contributed by atoms with Gasteiger partial charge in [0.1, 0.15) is 12.6 Å². The van der Waals surface area contributed by atoms with Crippen molar-refractivity contribution in [3.05, 3.63) is 17.0 Å². The number of amides is 2. The molecule has 0 aliphatic carbocycles. The topological polar surface area (TPSA) is 67.2 Å². The highest BCUT2D eigenvalue weighted by Gasteiger charge is 2.30. The molecule has 1 aliphatic heterocycles. The Hall–Kier alpha value is -1.85. The molecule has 1 unspecified atom stereocenters. The van der Waals surface area contributed by atoms with Crippen molar-refractivity contribution in [1.29, 1.82) is 0 Å². The van der Waals surface area contributed by atoms with Gasteiger partial charge in [0.15, 0.2) is 0 Å². The highest BCUT2D eigenvalue weighted by molar-refractivity contribution is 5.88. The summed E-state index contributed by atoms with van der Waals surface area (Å²) in [5.41, 5.74) is 3.18. The van der Waals surface area contributed by atoms with Gasteiger partial charge in [-0.3, -0.25) is 14.3 Å². The maximum atomic E-state index is 12.0. The van der Waals surface area contributed by atoms with E-state index in [1.165, 1.54) is 5.56 Å². The Kier molecular flexibility index (Phi) is 4.11. The van der Waals surface area contributed by atoms with E-state index in [9.17, 15) is 9.59 Å². The molecule has 2 heterocycles. The number of likely N-dealkylation sites (tertiary alicyclic amines) is 1. The third kappa shape index (κ3) is 2.69. The second kappa shape index (κ2) is 5.64. The standard InChI is InChI=1S/C14H22N4O2/c1-5-11-9(2)16-18(10(11)3)8-13(19)15-12-6-7-17(4)14(12)20/h12H,5-8H2,1-4H3,(H,15,19). The summed E-state index contributed by atoms with van der Waals surface area (Å²) in [5.74, 6) is -0.173. The van der Waals surface area contributed by atoms with Gasteiger partial charge in [-0.2, -0.15) is 5.10 Å². The van der Waals surface area contributed by atoms with Crippen LogP contribution in [0.25, 0.3) is 0 Å². The van der Waals surface area contributed by atoms with E-state index in [-0.39, 0.29) is 24.4 Å². The first-order valence-corrected chi connectivity index (χ1v) is 7.01. The van der Waals surface area contributed by atoms with E-state index >= 15 is 0 Å². The highest BCUT2D eigenvalue weighted by atomic mass is 16.2. The molecule has 1 saturated heterocycles. The fourth-order valence-electron chi connectivity index (χ4n) is 2.73. The lowest BCUT2D eigenvalue weighted by atomic mass is 10.1. The predicted octanol–water partition coefficient (Wildman–Crippen LogP) is 0.409. The smallest absolute Gasteiger partial charge is 0.244 e. The summed E-state index contributed by atoms with van der Waals surface area (Å²) >= 11 is 0. The van der Waals surface area contributed by atoms with Crippen LogP contribution in [-0.2, 0) is 22.6 Å². The molecule has 2 amide bonds. The Labute approximate surface area is 119 Å². The molecule has 1 N–H and O–H groups in total. The maximum Gasteiger partial charge on any atom is 0.244 e. The first-order chi connectivity index (χ1) is 9.43. The summed E-state index contributed by atoms with van der Waals surface area (Å²) in [6.45, 7) is 6.87. The third-order valence-corrected chi connectivity index (χ3v) is 3.94. The minimum Gasteiger partial charge on any atom is -0.344 e. The van der Waals surface area contributed by atoms with Gasteiger partial charge in [0.05, 0.1) is 5.69 Å². The monoisotopic (exact) mass is 278 g/mol. The molecule has 6 nitrogen and oxygen atoms in total. The van der Waals surface area contributed by atoms with Gasteiger partial charge in [-0.1, -0.05) is 6.92 Å². The van der Waals surface area contributed by atoms with Crippen molar-refractivity contribution in [2.45, 2.75) is 46.2 Å². The molecule has 110 valence electrons. The molecule has 0 saturated carbocycles. The van der Waals surface area contributed by atoms with Crippen LogP contribution in [0.2, 0.25) is 0 Å². The van der Waals surface area contributed by atoms with Crippen LogP contribution in [-0.4, -0.2) is 46.1 Å². The summed E-state index contributed by atoms with van der Waals surface area (Å²) in [4.78, 5) is 25.4. The number of carbonyl (C=O) groups is 2. The van der Waals surface area contributed by atoms with Crippen molar-refractivity contribution in [1.82, 2.24) is 20.0 Å². The zero-order valence-corrected chi connectivity index (χ0v) is 12.6. The minimum absolute atomic E-state index is 0.0130. The van der Waals surface area contributed by atoms with Crippen molar-refractivity contribution in [3.8, 4) is 0 Å². The van der Waals surface area contributed by atoms with Crippen molar-refractivity contribution >= 4 is 11.8 Å². The van der Waals surface area contributed by atoms with Crippen LogP contribution in [0.4, 0.5) is 0 Å². The number of rotatable bonds is 4. The van der Waals surface area contributed by atoms with E-state index in [0.29, 0.717) is 13.0 Å². The SMILES string of the molecule is CCc1c(C)nn(CC(=O)NC2CCN(C)C2=O)c1C. The molecule has 1 aromatic heterocycles. The predicted molar refractivity (Wildman–Crippen MR) is 75.3 cm³/mol. The quantitative estimate of drug-likeness (QED) is 0.867. The van der Waals surface area contributed by atoms with E-state index in [4.69, 9.17) is 0 Å². The van der Waals surface area contributed by atoms with Crippen LogP contribution in [0, 0.1) is 13.8 Å². The van der Waals surface area contributed by atoms with Gasteiger partial charge in [0, 0.05) is 19.3 Å². The Bertz CT molecular complexity index is 536. The van der Waals surface area contributed by atoms with Crippen molar-refractivity contribution < 1.29 is 9.59 Å². The second-order valence-electron chi connectivity index (χ2n) is 5.33. The fourth-order valence-corrected chi connectivity index (χ4v) is 2.73. The number of likely N-dealkylation sites (N-methyl/N-ethyl adjacent to an activating group) is 1.